The van der Waals surface area contributed by atoms with Crippen molar-refractivity contribution in [2.45, 2.75) is 39.3 Å². The van der Waals surface area contributed by atoms with Crippen LogP contribution in [-0.2, 0) is 22.7 Å². The largest absolute Gasteiger partial charge is 0.288 e. The number of halogens is 1. The standard InChI is InChI=1S/C22H20ClN3O4/c1-13-5-6-15(10-18(13)23)22(30)24-21(29)14-7-8-16-11-25(12-17(16)9-14)26-19(27)3-2-4-20(26)28/h5-10H,2-4,11-12H2,1H3,(H,24,29,30). The van der Waals surface area contributed by atoms with Crippen LogP contribution < -0.4 is 5.32 Å². The van der Waals surface area contributed by atoms with Crippen LogP contribution in [0.3, 0.4) is 0 Å². The SMILES string of the molecule is Cc1ccc(C(=O)NC(=O)c2ccc3c(c2)CN(N2C(=O)CCCC2=O)C3)cc1Cl. The van der Waals surface area contributed by atoms with Gasteiger partial charge in [-0.3, -0.25) is 24.5 Å². The molecule has 2 aliphatic rings. The third kappa shape index (κ3) is 3.86. The molecule has 1 fully saturated rings. The Morgan fingerprint density at radius 2 is 1.50 bits per heavy atom. The van der Waals surface area contributed by atoms with Crippen molar-refractivity contribution in [2.75, 3.05) is 0 Å². The molecule has 2 heterocycles. The Bertz CT molecular complexity index is 1070. The molecule has 0 radical (unpaired) electrons. The van der Waals surface area contributed by atoms with Crippen molar-refractivity contribution < 1.29 is 19.2 Å². The molecule has 0 aliphatic carbocycles. The van der Waals surface area contributed by atoms with E-state index in [2.05, 4.69) is 5.32 Å². The minimum atomic E-state index is -0.534. The Kier molecular flexibility index (Phi) is 5.40. The van der Waals surface area contributed by atoms with Crippen LogP contribution in [0.15, 0.2) is 36.4 Å². The predicted molar refractivity (Wildman–Crippen MR) is 109 cm³/mol. The first-order valence-electron chi connectivity index (χ1n) is 9.68. The Labute approximate surface area is 178 Å². The normalized spacial score (nSPS) is 16.5. The summed E-state index contributed by atoms with van der Waals surface area (Å²) in [4.78, 5) is 49.3. The number of fused-ring (bicyclic) bond motifs is 1. The summed E-state index contributed by atoms with van der Waals surface area (Å²) in [7, 11) is 0. The molecule has 2 aliphatic heterocycles. The molecule has 2 aromatic rings. The van der Waals surface area contributed by atoms with E-state index in [4.69, 9.17) is 11.6 Å². The average Bonchev–Trinajstić information content (AvgIpc) is 3.12. The van der Waals surface area contributed by atoms with Gasteiger partial charge in [-0.05, 0) is 54.3 Å². The average molecular weight is 426 g/mol. The molecular formula is C22H20ClN3O4. The van der Waals surface area contributed by atoms with Crippen molar-refractivity contribution in [2.24, 2.45) is 0 Å². The number of hydrogen-bond acceptors (Lipinski definition) is 5. The lowest BCUT2D eigenvalue weighted by atomic mass is 10.1. The number of carbonyl (C=O) groups excluding carboxylic acids is 4. The molecule has 4 rings (SSSR count). The van der Waals surface area contributed by atoms with E-state index >= 15 is 0 Å². The fraction of sp³-hybridized carbons (Fsp3) is 0.273. The van der Waals surface area contributed by atoms with Gasteiger partial charge in [0.2, 0.25) is 11.8 Å². The van der Waals surface area contributed by atoms with Gasteiger partial charge in [-0.2, -0.15) is 0 Å². The first-order chi connectivity index (χ1) is 14.3. The molecule has 7 nitrogen and oxygen atoms in total. The number of benzene rings is 2. The summed E-state index contributed by atoms with van der Waals surface area (Å²) >= 11 is 6.05. The van der Waals surface area contributed by atoms with E-state index in [0.717, 1.165) is 16.7 Å². The Balaban J connectivity index is 1.47. The highest BCUT2D eigenvalue weighted by Crippen LogP contribution is 2.28. The van der Waals surface area contributed by atoms with E-state index in [1.165, 1.54) is 11.1 Å². The predicted octanol–water partition coefficient (Wildman–Crippen LogP) is 2.99. The van der Waals surface area contributed by atoms with E-state index < -0.39 is 11.8 Å². The van der Waals surface area contributed by atoms with E-state index in [-0.39, 0.29) is 11.8 Å². The van der Waals surface area contributed by atoms with E-state index in [1.807, 2.05) is 6.92 Å². The van der Waals surface area contributed by atoms with Crippen LogP contribution in [0.1, 0.15) is 56.7 Å². The molecule has 0 bridgehead atoms. The summed E-state index contributed by atoms with van der Waals surface area (Å²) < 4.78 is 0. The highest BCUT2D eigenvalue weighted by molar-refractivity contribution is 6.31. The summed E-state index contributed by atoms with van der Waals surface area (Å²) in [6, 6.07) is 9.96. The lowest BCUT2D eigenvalue weighted by Crippen LogP contribution is -2.49. The second-order valence-electron chi connectivity index (χ2n) is 7.51. The van der Waals surface area contributed by atoms with Crippen LogP contribution in [0.25, 0.3) is 0 Å². The van der Waals surface area contributed by atoms with Gasteiger partial charge < -0.3 is 0 Å². The number of aryl methyl sites for hydroxylation is 1. The summed E-state index contributed by atoms with van der Waals surface area (Å²) in [6.45, 7) is 2.61. The van der Waals surface area contributed by atoms with Crippen molar-refractivity contribution in [3.8, 4) is 0 Å². The molecule has 0 atom stereocenters. The number of hydrazine groups is 1. The summed E-state index contributed by atoms with van der Waals surface area (Å²) in [5.41, 5.74) is 3.26. The molecule has 0 unspecified atom stereocenters. The molecule has 1 N–H and O–H groups in total. The van der Waals surface area contributed by atoms with Gasteiger partial charge in [-0.1, -0.05) is 23.7 Å². The number of amides is 4. The second kappa shape index (κ2) is 8.01. The highest BCUT2D eigenvalue weighted by Gasteiger charge is 2.34. The van der Waals surface area contributed by atoms with Gasteiger partial charge in [0.15, 0.2) is 0 Å². The maximum Gasteiger partial charge on any atom is 0.258 e. The third-order valence-corrected chi connectivity index (χ3v) is 5.78. The third-order valence-electron chi connectivity index (χ3n) is 5.37. The van der Waals surface area contributed by atoms with Gasteiger partial charge in [-0.15, -0.1) is 0 Å². The minimum absolute atomic E-state index is 0.195. The fourth-order valence-electron chi connectivity index (χ4n) is 3.70. The Morgan fingerprint density at radius 1 is 0.900 bits per heavy atom. The van der Waals surface area contributed by atoms with Crippen molar-refractivity contribution in [3.63, 3.8) is 0 Å². The second-order valence-corrected chi connectivity index (χ2v) is 7.91. The Morgan fingerprint density at radius 3 is 2.17 bits per heavy atom. The maximum atomic E-state index is 12.6. The quantitative estimate of drug-likeness (QED) is 0.764. The van der Waals surface area contributed by atoms with Crippen LogP contribution in [-0.4, -0.2) is 33.6 Å². The molecule has 1 saturated heterocycles. The number of imide groups is 2. The zero-order valence-electron chi connectivity index (χ0n) is 16.4. The minimum Gasteiger partial charge on any atom is -0.288 e. The molecule has 30 heavy (non-hydrogen) atoms. The number of nitrogens with one attached hydrogen (secondary N) is 1. The van der Waals surface area contributed by atoms with Crippen molar-refractivity contribution in [3.05, 3.63) is 69.2 Å². The topological polar surface area (TPSA) is 86.8 Å². The smallest absolute Gasteiger partial charge is 0.258 e. The fourth-order valence-corrected chi connectivity index (χ4v) is 3.88. The Hall–Kier alpha value is -3.03. The van der Waals surface area contributed by atoms with Crippen LogP contribution in [0.5, 0.6) is 0 Å². The number of rotatable bonds is 3. The lowest BCUT2D eigenvalue weighted by Gasteiger charge is -2.32. The molecule has 0 aromatic heterocycles. The van der Waals surface area contributed by atoms with Crippen molar-refractivity contribution >= 4 is 35.2 Å². The summed E-state index contributed by atoms with van der Waals surface area (Å²) in [5.74, 6) is -1.45. The first-order valence-corrected chi connectivity index (χ1v) is 10.1. The number of hydrogen-bond donors (Lipinski definition) is 1. The van der Waals surface area contributed by atoms with Gasteiger partial charge >= 0.3 is 0 Å². The van der Waals surface area contributed by atoms with Crippen molar-refractivity contribution in [1.29, 1.82) is 0 Å². The number of carbonyl (C=O) groups is 4. The summed E-state index contributed by atoms with van der Waals surface area (Å²) in [6.07, 6.45) is 1.30. The van der Waals surface area contributed by atoms with Crippen LogP contribution in [0, 0.1) is 6.92 Å². The van der Waals surface area contributed by atoms with Gasteiger partial charge in [0.1, 0.15) is 0 Å². The van der Waals surface area contributed by atoms with E-state index in [9.17, 15) is 19.2 Å². The van der Waals surface area contributed by atoms with E-state index in [0.29, 0.717) is 48.5 Å². The van der Waals surface area contributed by atoms with Gasteiger partial charge in [0, 0.05) is 42.1 Å². The highest BCUT2D eigenvalue weighted by atomic mass is 35.5. The monoisotopic (exact) mass is 425 g/mol. The van der Waals surface area contributed by atoms with Crippen LogP contribution in [0.2, 0.25) is 5.02 Å². The van der Waals surface area contributed by atoms with Gasteiger partial charge in [0.25, 0.3) is 11.8 Å². The van der Waals surface area contributed by atoms with Gasteiger partial charge in [-0.25, -0.2) is 10.0 Å². The van der Waals surface area contributed by atoms with Crippen LogP contribution in [0.4, 0.5) is 0 Å². The maximum absolute atomic E-state index is 12.6. The van der Waals surface area contributed by atoms with Crippen LogP contribution >= 0.6 is 11.6 Å². The molecule has 0 spiro atoms. The molecule has 0 saturated carbocycles. The number of nitrogens with zero attached hydrogens (tertiary/aromatic N) is 2. The molecule has 4 amide bonds. The molecule has 8 heteroatoms. The zero-order chi connectivity index (χ0) is 21.4. The lowest BCUT2D eigenvalue weighted by molar-refractivity contribution is -0.169. The van der Waals surface area contributed by atoms with Gasteiger partial charge in [0.05, 0.1) is 0 Å². The first kappa shape index (κ1) is 20.3. The number of piperidine rings is 1. The van der Waals surface area contributed by atoms with Crippen molar-refractivity contribution in [1.82, 2.24) is 15.3 Å². The molecule has 154 valence electrons. The zero-order valence-corrected chi connectivity index (χ0v) is 17.2. The summed E-state index contributed by atoms with van der Waals surface area (Å²) in [5, 5.41) is 5.76. The van der Waals surface area contributed by atoms with E-state index in [1.54, 1.807) is 35.3 Å². The molecule has 2 aromatic carbocycles. The molecular weight excluding hydrogens is 406 g/mol.